The van der Waals surface area contributed by atoms with Gasteiger partial charge in [0.2, 0.25) is 5.95 Å². The van der Waals surface area contributed by atoms with Gasteiger partial charge in [-0.1, -0.05) is 42.5 Å². The van der Waals surface area contributed by atoms with E-state index in [9.17, 15) is 14.4 Å². The van der Waals surface area contributed by atoms with E-state index in [1.807, 2.05) is 12.1 Å². The number of aromatic nitrogens is 2. The van der Waals surface area contributed by atoms with E-state index >= 15 is 0 Å². The Bertz CT molecular complexity index is 1070. The van der Waals surface area contributed by atoms with E-state index in [1.165, 1.54) is 12.3 Å². The van der Waals surface area contributed by atoms with Crippen LogP contribution in [-0.4, -0.2) is 16.2 Å². The van der Waals surface area contributed by atoms with Gasteiger partial charge in [-0.05, 0) is 18.6 Å². The molecule has 0 bridgehead atoms. The summed E-state index contributed by atoms with van der Waals surface area (Å²) in [6, 6.07) is 15.5. The van der Waals surface area contributed by atoms with E-state index in [2.05, 4.69) is 20.5 Å². The van der Waals surface area contributed by atoms with Gasteiger partial charge in [0.05, 0.1) is 11.9 Å². The topological polar surface area (TPSA) is 93.9 Å². The third-order valence-electron chi connectivity index (χ3n) is 3.76. The average molecular weight is 347 g/mol. The van der Waals surface area contributed by atoms with E-state index in [0.29, 0.717) is 16.7 Å². The molecule has 0 amide bonds. The summed E-state index contributed by atoms with van der Waals surface area (Å²) in [5.41, 5.74) is 3.93. The standard InChI is InChI=1S/C19H14FN5O/c1-12-14(8-5-9-16(12)20)11-22-25-19-23-17(13-6-3-2-4-7-13)15(10-21)18(26)24-19/h2-9,11H,1H3,(H2,23,24,25,26). The van der Waals surface area contributed by atoms with Gasteiger partial charge in [-0.15, -0.1) is 0 Å². The number of nitriles is 1. The van der Waals surface area contributed by atoms with Crippen molar-refractivity contribution in [3.63, 3.8) is 0 Å². The van der Waals surface area contributed by atoms with Crippen LogP contribution < -0.4 is 11.0 Å². The fourth-order valence-electron chi connectivity index (χ4n) is 2.36. The molecule has 0 atom stereocenters. The van der Waals surface area contributed by atoms with Crippen LogP contribution in [0, 0.1) is 24.1 Å². The second-order valence-electron chi connectivity index (χ2n) is 5.44. The minimum Gasteiger partial charge on any atom is -0.290 e. The number of nitrogens with one attached hydrogen (secondary N) is 2. The highest BCUT2D eigenvalue weighted by molar-refractivity contribution is 5.82. The Balaban J connectivity index is 1.93. The molecule has 128 valence electrons. The lowest BCUT2D eigenvalue weighted by Gasteiger charge is -2.06. The predicted octanol–water partition coefficient (Wildman–Crippen LogP) is 3.20. The van der Waals surface area contributed by atoms with Crippen LogP contribution >= 0.6 is 0 Å². The second kappa shape index (κ2) is 7.40. The van der Waals surface area contributed by atoms with E-state index < -0.39 is 5.56 Å². The molecule has 0 unspecified atom stereocenters. The van der Waals surface area contributed by atoms with Gasteiger partial charge in [-0.2, -0.15) is 10.4 Å². The highest BCUT2D eigenvalue weighted by Gasteiger charge is 2.12. The van der Waals surface area contributed by atoms with Crippen LogP contribution in [-0.2, 0) is 0 Å². The SMILES string of the molecule is Cc1c(F)cccc1C=NNc1nc(-c2ccccc2)c(C#N)c(=O)[nH]1. The number of rotatable bonds is 4. The summed E-state index contributed by atoms with van der Waals surface area (Å²) >= 11 is 0. The van der Waals surface area contributed by atoms with Crippen LogP contribution in [0.5, 0.6) is 0 Å². The van der Waals surface area contributed by atoms with E-state index in [4.69, 9.17) is 0 Å². The lowest BCUT2D eigenvalue weighted by atomic mass is 10.1. The highest BCUT2D eigenvalue weighted by Crippen LogP contribution is 2.19. The summed E-state index contributed by atoms with van der Waals surface area (Å²) < 4.78 is 13.5. The summed E-state index contributed by atoms with van der Waals surface area (Å²) in [5, 5.41) is 13.2. The smallest absolute Gasteiger partial charge is 0.270 e. The van der Waals surface area contributed by atoms with E-state index in [0.717, 1.165) is 0 Å². The zero-order chi connectivity index (χ0) is 18.5. The lowest BCUT2D eigenvalue weighted by Crippen LogP contribution is -2.16. The molecule has 2 N–H and O–H groups in total. The minimum absolute atomic E-state index is 0.0771. The zero-order valence-corrected chi connectivity index (χ0v) is 13.8. The van der Waals surface area contributed by atoms with Crippen LogP contribution in [0.15, 0.2) is 58.4 Å². The summed E-state index contributed by atoms with van der Waals surface area (Å²) in [6.07, 6.45) is 1.43. The van der Waals surface area contributed by atoms with Crippen molar-refractivity contribution < 1.29 is 4.39 Å². The van der Waals surface area contributed by atoms with Gasteiger partial charge in [-0.25, -0.2) is 14.8 Å². The molecule has 0 saturated carbocycles. The van der Waals surface area contributed by atoms with Crippen molar-refractivity contribution in [3.05, 3.63) is 81.4 Å². The normalized spacial score (nSPS) is 10.7. The summed E-state index contributed by atoms with van der Waals surface area (Å²) in [4.78, 5) is 18.9. The Labute approximate surface area is 148 Å². The van der Waals surface area contributed by atoms with Crippen molar-refractivity contribution in [2.24, 2.45) is 5.10 Å². The average Bonchev–Trinajstić information content (AvgIpc) is 2.65. The van der Waals surface area contributed by atoms with Crippen molar-refractivity contribution in [2.75, 3.05) is 5.43 Å². The summed E-state index contributed by atoms with van der Waals surface area (Å²) in [7, 11) is 0. The van der Waals surface area contributed by atoms with E-state index in [-0.39, 0.29) is 23.0 Å². The van der Waals surface area contributed by atoms with Crippen LogP contribution in [0.25, 0.3) is 11.3 Å². The number of halogens is 1. The Morgan fingerprint density at radius 3 is 2.73 bits per heavy atom. The molecule has 1 heterocycles. The maximum Gasteiger partial charge on any atom is 0.270 e. The molecule has 0 saturated heterocycles. The molecule has 0 fully saturated rings. The number of nitrogens with zero attached hydrogens (tertiary/aromatic N) is 3. The predicted molar refractivity (Wildman–Crippen MR) is 97.4 cm³/mol. The number of benzene rings is 2. The van der Waals surface area contributed by atoms with Crippen molar-refractivity contribution in [1.29, 1.82) is 5.26 Å². The molecule has 3 aromatic rings. The van der Waals surface area contributed by atoms with Gasteiger partial charge < -0.3 is 0 Å². The first-order valence-corrected chi connectivity index (χ1v) is 7.74. The third-order valence-corrected chi connectivity index (χ3v) is 3.76. The Hall–Kier alpha value is -3.79. The van der Waals surface area contributed by atoms with Gasteiger partial charge in [0.15, 0.2) is 0 Å². The first kappa shape index (κ1) is 17.0. The zero-order valence-electron chi connectivity index (χ0n) is 13.8. The molecule has 0 aliphatic rings. The molecular formula is C19H14FN5O. The van der Waals surface area contributed by atoms with Crippen LogP contribution in [0.1, 0.15) is 16.7 Å². The number of H-pyrrole nitrogens is 1. The quantitative estimate of drug-likeness (QED) is 0.560. The van der Waals surface area contributed by atoms with Crippen LogP contribution in [0.4, 0.5) is 10.3 Å². The van der Waals surface area contributed by atoms with Crippen molar-refractivity contribution in [1.82, 2.24) is 9.97 Å². The number of aromatic amines is 1. The maximum absolute atomic E-state index is 13.5. The molecule has 2 aromatic carbocycles. The van der Waals surface area contributed by atoms with E-state index in [1.54, 1.807) is 43.3 Å². The van der Waals surface area contributed by atoms with Gasteiger partial charge in [-0.3, -0.25) is 9.78 Å². The Morgan fingerprint density at radius 1 is 1.23 bits per heavy atom. The molecular weight excluding hydrogens is 333 g/mol. The van der Waals surface area contributed by atoms with Gasteiger partial charge >= 0.3 is 0 Å². The van der Waals surface area contributed by atoms with Gasteiger partial charge in [0.1, 0.15) is 17.4 Å². The van der Waals surface area contributed by atoms with Crippen molar-refractivity contribution >= 4 is 12.2 Å². The monoisotopic (exact) mass is 347 g/mol. The fraction of sp³-hybridized carbons (Fsp3) is 0.0526. The molecule has 0 aliphatic heterocycles. The third kappa shape index (κ3) is 3.49. The van der Waals surface area contributed by atoms with Crippen molar-refractivity contribution in [3.8, 4) is 17.3 Å². The molecule has 26 heavy (non-hydrogen) atoms. The number of hydrazone groups is 1. The number of anilines is 1. The molecule has 0 aliphatic carbocycles. The largest absolute Gasteiger partial charge is 0.290 e. The highest BCUT2D eigenvalue weighted by atomic mass is 19.1. The molecule has 3 rings (SSSR count). The first-order chi connectivity index (χ1) is 12.6. The van der Waals surface area contributed by atoms with Gasteiger partial charge in [0, 0.05) is 11.1 Å². The van der Waals surface area contributed by atoms with Crippen LogP contribution in [0.3, 0.4) is 0 Å². The minimum atomic E-state index is -0.569. The first-order valence-electron chi connectivity index (χ1n) is 7.74. The molecule has 7 heteroatoms. The Kier molecular flexibility index (Phi) is 4.85. The number of hydrogen-bond acceptors (Lipinski definition) is 5. The van der Waals surface area contributed by atoms with Crippen molar-refractivity contribution in [2.45, 2.75) is 6.92 Å². The second-order valence-corrected chi connectivity index (χ2v) is 5.44. The molecule has 1 aromatic heterocycles. The fourth-order valence-corrected chi connectivity index (χ4v) is 2.36. The van der Waals surface area contributed by atoms with Gasteiger partial charge in [0.25, 0.3) is 5.56 Å². The number of hydrogen-bond donors (Lipinski definition) is 2. The van der Waals surface area contributed by atoms with Crippen LogP contribution in [0.2, 0.25) is 0 Å². The molecule has 0 spiro atoms. The molecule has 0 radical (unpaired) electrons. The lowest BCUT2D eigenvalue weighted by molar-refractivity contribution is 0.618. The molecule has 6 nitrogen and oxygen atoms in total. The summed E-state index contributed by atoms with van der Waals surface area (Å²) in [5.74, 6) is -0.247. The summed E-state index contributed by atoms with van der Waals surface area (Å²) in [6.45, 7) is 1.64. The Morgan fingerprint density at radius 2 is 2.00 bits per heavy atom. The maximum atomic E-state index is 13.5.